The van der Waals surface area contributed by atoms with E-state index >= 15 is 0 Å². The van der Waals surface area contributed by atoms with E-state index in [-0.39, 0.29) is 5.78 Å². The molecule has 1 N–H and O–H groups in total. The van der Waals surface area contributed by atoms with Crippen molar-refractivity contribution in [3.63, 3.8) is 0 Å². The number of hydrogen-bond donors (Lipinski definition) is 1. The van der Waals surface area contributed by atoms with Crippen LogP contribution in [0.5, 0.6) is 5.75 Å². The highest BCUT2D eigenvalue weighted by molar-refractivity contribution is 6.14. The summed E-state index contributed by atoms with van der Waals surface area (Å²) in [5.74, 6) is 0.625. The van der Waals surface area contributed by atoms with Gasteiger partial charge in [0.25, 0.3) is 0 Å². The lowest BCUT2D eigenvalue weighted by Crippen LogP contribution is -2.26. The van der Waals surface area contributed by atoms with Crippen LogP contribution in [0, 0.1) is 0 Å². The third kappa shape index (κ3) is 2.47. The Hall–Kier alpha value is -2.63. The number of rotatable bonds is 4. The van der Waals surface area contributed by atoms with Crippen LogP contribution < -0.4 is 10.1 Å². The average Bonchev–Trinajstić information content (AvgIpc) is 3.18. The number of nitrogens with zero attached hydrogens (tertiary/aromatic N) is 1. The Labute approximate surface area is 127 Å². The number of amides is 1. The van der Waals surface area contributed by atoms with Crippen molar-refractivity contribution >= 4 is 17.6 Å². The molecule has 1 spiro atoms. The van der Waals surface area contributed by atoms with Gasteiger partial charge in [-0.1, -0.05) is 11.2 Å². The Morgan fingerprint density at radius 3 is 2.91 bits per heavy atom. The van der Waals surface area contributed by atoms with Crippen molar-refractivity contribution in [1.29, 1.82) is 0 Å². The van der Waals surface area contributed by atoms with Gasteiger partial charge in [0.15, 0.2) is 11.4 Å². The van der Waals surface area contributed by atoms with Crippen molar-refractivity contribution in [3.8, 4) is 5.75 Å². The molecule has 3 rings (SSSR count). The fourth-order valence-corrected chi connectivity index (χ4v) is 2.39. The minimum absolute atomic E-state index is 0.0384. The molecule has 6 heteroatoms. The zero-order valence-corrected chi connectivity index (χ0v) is 12.2. The first-order chi connectivity index (χ1) is 10.6. The van der Waals surface area contributed by atoms with Gasteiger partial charge in [-0.25, -0.2) is 4.79 Å². The molecule has 1 heterocycles. The molecule has 2 aliphatic rings. The third-order valence-electron chi connectivity index (χ3n) is 3.69. The summed E-state index contributed by atoms with van der Waals surface area (Å²) in [5.41, 5.74) is 1.35. The molecule has 6 nitrogen and oxygen atoms in total. The predicted octanol–water partition coefficient (Wildman–Crippen LogP) is 2.43. The zero-order chi connectivity index (χ0) is 15.7. The molecule has 0 aromatic heterocycles. The summed E-state index contributed by atoms with van der Waals surface area (Å²) >= 11 is 0. The lowest BCUT2D eigenvalue weighted by atomic mass is 10.0. The summed E-state index contributed by atoms with van der Waals surface area (Å²) in [7, 11) is 0. The van der Waals surface area contributed by atoms with Crippen molar-refractivity contribution < 1.29 is 19.2 Å². The smallest absolute Gasteiger partial charge is 0.433 e. The normalized spacial score (nSPS) is 18.5. The highest BCUT2D eigenvalue weighted by atomic mass is 16.7. The Balaban J connectivity index is 1.87. The molecule has 0 radical (unpaired) electrons. The number of benzene rings is 1. The molecular weight excluding hydrogens is 284 g/mol. The fraction of sp³-hybridized carbons (Fsp3) is 0.312. The largest absolute Gasteiger partial charge is 0.480 e. The van der Waals surface area contributed by atoms with Gasteiger partial charge < -0.3 is 10.1 Å². The summed E-state index contributed by atoms with van der Waals surface area (Å²) in [6, 6.07) is 5.21. The molecule has 1 fully saturated rings. The maximum Gasteiger partial charge on any atom is 0.433 e. The van der Waals surface area contributed by atoms with Gasteiger partial charge in [0.2, 0.25) is 0 Å². The summed E-state index contributed by atoms with van der Waals surface area (Å²) < 4.78 is 5.90. The monoisotopic (exact) mass is 300 g/mol. The van der Waals surface area contributed by atoms with Crippen molar-refractivity contribution in [2.45, 2.75) is 25.4 Å². The first-order valence-electron chi connectivity index (χ1n) is 7.04. The molecule has 0 unspecified atom stereocenters. The third-order valence-corrected chi connectivity index (χ3v) is 3.69. The van der Waals surface area contributed by atoms with E-state index in [4.69, 9.17) is 9.57 Å². The zero-order valence-electron chi connectivity index (χ0n) is 12.2. The molecule has 1 aliphatic carbocycles. The van der Waals surface area contributed by atoms with Gasteiger partial charge in [0, 0.05) is 17.7 Å². The summed E-state index contributed by atoms with van der Waals surface area (Å²) in [6.07, 6.45) is 2.52. The van der Waals surface area contributed by atoms with Crippen LogP contribution in [-0.2, 0) is 4.84 Å². The van der Waals surface area contributed by atoms with Gasteiger partial charge in [-0.05, 0) is 38.0 Å². The molecule has 22 heavy (non-hydrogen) atoms. The number of hydrogen-bond acceptors (Lipinski definition) is 5. The highest BCUT2D eigenvalue weighted by Crippen LogP contribution is 2.50. The lowest BCUT2D eigenvalue weighted by molar-refractivity contribution is 0.101. The van der Waals surface area contributed by atoms with Crippen molar-refractivity contribution in [1.82, 2.24) is 5.32 Å². The van der Waals surface area contributed by atoms with Crippen LogP contribution in [0.1, 0.15) is 35.7 Å². The lowest BCUT2D eigenvalue weighted by Gasteiger charge is -2.07. The van der Waals surface area contributed by atoms with E-state index in [0.717, 1.165) is 12.8 Å². The van der Waals surface area contributed by atoms with Crippen LogP contribution in [0.25, 0.3) is 0 Å². The van der Waals surface area contributed by atoms with E-state index in [1.165, 1.54) is 6.92 Å². The molecule has 1 saturated carbocycles. The van der Waals surface area contributed by atoms with Crippen LogP contribution in [0.4, 0.5) is 4.79 Å². The molecule has 0 bridgehead atoms. The van der Waals surface area contributed by atoms with E-state index in [2.05, 4.69) is 17.1 Å². The second kappa shape index (κ2) is 5.29. The number of carbonyl (C=O) groups is 2. The Morgan fingerprint density at radius 1 is 1.50 bits per heavy atom. The van der Waals surface area contributed by atoms with Gasteiger partial charge >= 0.3 is 6.09 Å². The number of ether oxygens (including phenoxy) is 1. The highest BCUT2D eigenvalue weighted by Gasteiger charge is 2.56. The number of Topliss-reactive ketones (excluding diaryl/α,β-unsaturated/α-hetero) is 1. The van der Waals surface area contributed by atoms with Gasteiger partial charge in [-0.2, -0.15) is 0 Å². The average molecular weight is 300 g/mol. The Kier molecular flexibility index (Phi) is 3.44. The first kappa shape index (κ1) is 14.3. The fourth-order valence-electron chi connectivity index (χ4n) is 2.39. The van der Waals surface area contributed by atoms with E-state index in [1.54, 1.807) is 24.3 Å². The number of nitrogens with one attached hydrogen (secondary N) is 1. The molecule has 1 aromatic rings. The van der Waals surface area contributed by atoms with Crippen molar-refractivity contribution in [2.24, 2.45) is 5.16 Å². The van der Waals surface area contributed by atoms with E-state index < -0.39 is 11.7 Å². The van der Waals surface area contributed by atoms with Crippen LogP contribution in [-0.4, -0.2) is 29.7 Å². The Morgan fingerprint density at radius 2 is 2.27 bits per heavy atom. The molecular formula is C16H16N2O4. The summed E-state index contributed by atoms with van der Waals surface area (Å²) in [4.78, 5) is 27.9. The molecule has 0 saturated heterocycles. The first-order valence-corrected chi connectivity index (χ1v) is 7.04. The minimum atomic E-state index is -0.653. The predicted molar refractivity (Wildman–Crippen MR) is 80.3 cm³/mol. The van der Waals surface area contributed by atoms with E-state index in [9.17, 15) is 9.59 Å². The van der Waals surface area contributed by atoms with E-state index in [1.807, 2.05) is 0 Å². The molecule has 114 valence electrons. The SMILES string of the molecule is C=CCNC(=O)O/N=C1\c2cc(C(C)=O)ccc2OC12CC2. The van der Waals surface area contributed by atoms with Gasteiger partial charge in [-0.3, -0.25) is 9.63 Å². The molecule has 1 amide bonds. The van der Waals surface area contributed by atoms with Crippen molar-refractivity contribution in [2.75, 3.05) is 6.54 Å². The van der Waals surface area contributed by atoms with Gasteiger partial charge in [0.05, 0.1) is 0 Å². The Bertz CT molecular complexity index is 689. The number of carbonyl (C=O) groups excluding carboxylic acids is 2. The van der Waals surface area contributed by atoms with Gasteiger partial charge in [-0.15, -0.1) is 6.58 Å². The van der Waals surface area contributed by atoms with Gasteiger partial charge in [0.1, 0.15) is 11.5 Å². The number of fused-ring (bicyclic) bond motifs is 1. The van der Waals surface area contributed by atoms with Crippen LogP contribution in [0.3, 0.4) is 0 Å². The quantitative estimate of drug-likeness (QED) is 0.401. The minimum Gasteiger partial charge on any atom is -0.480 e. The number of ketones is 1. The maximum absolute atomic E-state index is 11.5. The van der Waals surface area contributed by atoms with E-state index in [0.29, 0.717) is 29.1 Å². The summed E-state index contributed by atoms with van der Waals surface area (Å²) in [5, 5.41) is 6.44. The standard InChI is InChI=1S/C16H16N2O4/c1-3-8-17-15(20)22-18-14-12-9-11(10(2)19)4-5-13(12)21-16(14)6-7-16/h3-5,9H,1,6-8H2,2H3,(H,17,20)/b18-14+. The second-order valence-corrected chi connectivity index (χ2v) is 5.35. The van der Waals surface area contributed by atoms with Crippen molar-refractivity contribution in [3.05, 3.63) is 42.0 Å². The van der Waals surface area contributed by atoms with Crippen LogP contribution >= 0.6 is 0 Å². The maximum atomic E-state index is 11.5. The second-order valence-electron chi connectivity index (χ2n) is 5.35. The summed E-state index contributed by atoms with van der Waals surface area (Å²) in [6.45, 7) is 5.30. The molecule has 1 aromatic carbocycles. The molecule has 0 atom stereocenters. The van der Waals surface area contributed by atoms with Crippen LogP contribution in [0.2, 0.25) is 0 Å². The topological polar surface area (TPSA) is 77.0 Å². The number of oxime groups is 1. The van der Waals surface area contributed by atoms with Crippen LogP contribution in [0.15, 0.2) is 36.0 Å². The molecule has 1 aliphatic heterocycles.